The van der Waals surface area contributed by atoms with Crippen LogP contribution in [-0.4, -0.2) is 29.9 Å². The molecule has 1 saturated carbocycles. The Kier molecular flexibility index (Phi) is 4.08. The normalized spacial score (nSPS) is 34.4. The molecule has 3 unspecified atom stereocenters. The van der Waals surface area contributed by atoms with Crippen molar-refractivity contribution in [3.63, 3.8) is 0 Å². The lowest BCUT2D eigenvalue weighted by Crippen LogP contribution is -2.45. The number of amides is 1. The lowest BCUT2D eigenvalue weighted by atomic mass is 9.84. The van der Waals surface area contributed by atoms with Gasteiger partial charge >= 0.3 is 0 Å². The summed E-state index contributed by atoms with van der Waals surface area (Å²) >= 11 is 0. The van der Waals surface area contributed by atoms with Gasteiger partial charge in [-0.15, -0.1) is 0 Å². The van der Waals surface area contributed by atoms with Gasteiger partial charge in [-0.25, -0.2) is 0 Å². The molecule has 17 heavy (non-hydrogen) atoms. The average molecular weight is 238 g/mol. The summed E-state index contributed by atoms with van der Waals surface area (Å²) in [5.41, 5.74) is 6.09. The zero-order chi connectivity index (χ0) is 12.4. The van der Waals surface area contributed by atoms with Crippen LogP contribution in [0.3, 0.4) is 0 Å². The van der Waals surface area contributed by atoms with Crippen LogP contribution in [0.4, 0.5) is 0 Å². The Morgan fingerprint density at radius 1 is 1.24 bits per heavy atom. The van der Waals surface area contributed by atoms with Crippen LogP contribution < -0.4 is 5.73 Å². The highest BCUT2D eigenvalue weighted by Gasteiger charge is 2.35. The zero-order valence-electron chi connectivity index (χ0n) is 11.2. The molecule has 0 aromatic carbocycles. The highest BCUT2D eigenvalue weighted by atomic mass is 16.2. The summed E-state index contributed by atoms with van der Waals surface area (Å²) in [7, 11) is 0. The van der Waals surface area contributed by atoms with E-state index in [4.69, 9.17) is 5.73 Å². The second-order valence-electron chi connectivity index (χ2n) is 6.13. The average Bonchev–Trinajstić information content (AvgIpc) is 2.78. The first-order valence-electron chi connectivity index (χ1n) is 7.14. The predicted molar refractivity (Wildman–Crippen MR) is 69.5 cm³/mol. The SMILES string of the molecule is CC(C)C1CCN(C(=O)C2CCCCC2N)C1. The standard InChI is InChI=1S/C14H26N2O/c1-10(2)11-7-8-16(9-11)14(17)12-5-3-4-6-13(12)15/h10-13H,3-9,15H2,1-2H3. The molecule has 0 aromatic rings. The first kappa shape index (κ1) is 12.9. The molecule has 3 nitrogen and oxygen atoms in total. The van der Waals surface area contributed by atoms with E-state index in [0.717, 1.165) is 25.9 Å². The number of carbonyl (C=O) groups is 1. The third-order valence-corrected chi connectivity index (χ3v) is 4.62. The second kappa shape index (κ2) is 5.38. The molecule has 1 heterocycles. The smallest absolute Gasteiger partial charge is 0.227 e. The fraction of sp³-hybridized carbons (Fsp3) is 0.929. The monoisotopic (exact) mass is 238 g/mol. The molecular formula is C14H26N2O. The van der Waals surface area contributed by atoms with Gasteiger partial charge in [0.05, 0.1) is 5.92 Å². The molecule has 3 heteroatoms. The summed E-state index contributed by atoms with van der Waals surface area (Å²) in [6.07, 6.45) is 5.57. The summed E-state index contributed by atoms with van der Waals surface area (Å²) in [5, 5.41) is 0. The molecule has 0 aromatic heterocycles. The van der Waals surface area contributed by atoms with Gasteiger partial charge in [0.15, 0.2) is 0 Å². The maximum absolute atomic E-state index is 12.4. The van der Waals surface area contributed by atoms with Crippen molar-refractivity contribution in [3.05, 3.63) is 0 Å². The fourth-order valence-corrected chi connectivity index (χ4v) is 3.23. The Balaban J connectivity index is 1.92. The van der Waals surface area contributed by atoms with Crippen molar-refractivity contribution in [2.75, 3.05) is 13.1 Å². The van der Waals surface area contributed by atoms with Crippen LogP contribution in [0.2, 0.25) is 0 Å². The number of nitrogens with two attached hydrogens (primary N) is 1. The summed E-state index contributed by atoms with van der Waals surface area (Å²) in [6.45, 7) is 6.42. The minimum atomic E-state index is 0.106. The van der Waals surface area contributed by atoms with Crippen molar-refractivity contribution >= 4 is 5.91 Å². The van der Waals surface area contributed by atoms with E-state index in [1.165, 1.54) is 19.3 Å². The van der Waals surface area contributed by atoms with Gasteiger partial charge in [-0.3, -0.25) is 4.79 Å². The van der Waals surface area contributed by atoms with Crippen molar-refractivity contribution in [1.29, 1.82) is 0 Å². The van der Waals surface area contributed by atoms with Crippen molar-refractivity contribution in [1.82, 2.24) is 4.90 Å². The summed E-state index contributed by atoms with van der Waals surface area (Å²) in [6, 6.07) is 0.106. The summed E-state index contributed by atoms with van der Waals surface area (Å²) in [5.74, 6) is 1.82. The van der Waals surface area contributed by atoms with Gasteiger partial charge in [0.25, 0.3) is 0 Å². The van der Waals surface area contributed by atoms with Crippen LogP contribution in [0.5, 0.6) is 0 Å². The maximum atomic E-state index is 12.4. The highest BCUT2D eigenvalue weighted by molar-refractivity contribution is 5.80. The minimum absolute atomic E-state index is 0.106. The van der Waals surface area contributed by atoms with E-state index >= 15 is 0 Å². The van der Waals surface area contributed by atoms with Crippen LogP contribution in [0, 0.1) is 17.8 Å². The van der Waals surface area contributed by atoms with E-state index in [1.807, 2.05) is 0 Å². The highest BCUT2D eigenvalue weighted by Crippen LogP contribution is 2.29. The van der Waals surface area contributed by atoms with Crippen molar-refractivity contribution in [3.8, 4) is 0 Å². The van der Waals surface area contributed by atoms with Gasteiger partial charge < -0.3 is 10.6 Å². The van der Waals surface area contributed by atoms with Crippen molar-refractivity contribution in [2.24, 2.45) is 23.5 Å². The molecule has 1 saturated heterocycles. The Labute approximate surface area is 105 Å². The van der Waals surface area contributed by atoms with E-state index in [-0.39, 0.29) is 12.0 Å². The molecule has 3 atom stereocenters. The second-order valence-corrected chi connectivity index (χ2v) is 6.13. The third-order valence-electron chi connectivity index (χ3n) is 4.62. The number of likely N-dealkylation sites (tertiary alicyclic amines) is 1. The van der Waals surface area contributed by atoms with Crippen LogP contribution in [0.1, 0.15) is 46.0 Å². The van der Waals surface area contributed by atoms with Crippen LogP contribution in [0.25, 0.3) is 0 Å². The molecular weight excluding hydrogens is 212 g/mol. The number of carbonyl (C=O) groups excluding carboxylic acids is 1. The van der Waals surface area contributed by atoms with Gasteiger partial charge in [-0.1, -0.05) is 26.7 Å². The van der Waals surface area contributed by atoms with Gasteiger partial charge in [0, 0.05) is 19.1 Å². The van der Waals surface area contributed by atoms with Gasteiger partial charge in [-0.05, 0) is 31.1 Å². The Hall–Kier alpha value is -0.570. The molecule has 1 aliphatic heterocycles. The molecule has 2 N–H and O–H groups in total. The van der Waals surface area contributed by atoms with Gasteiger partial charge in [-0.2, -0.15) is 0 Å². The maximum Gasteiger partial charge on any atom is 0.227 e. The number of nitrogens with zero attached hydrogens (tertiary/aromatic N) is 1. The van der Waals surface area contributed by atoms with Crippen LogP contribution in [-0.2, 0) is 4.79 Å². The molecule has 2 rings (SSSR count). The molecule has 0 bridgehead atoms. The van der Waals surface area contributed by atoms with Crippen LogP contribution >= 0.6 is 0 Å². The first-order valence-corrected chi connectivity index (χ1v) is 7.14. The Morgan fingerprint density at radius 2 is 1.94 bits per heavy atom. The molecule has 2 fully saturated rings. The molecule has 98 valence electrons. The lowest BCUT2D eigenvalue weighted by Gasteiger charge is -2.31. The Bertz CT molecular complexity index is 277. The molecule has 0 radical (unpaired) electrons. The quantitative estimate of drug-likeness (QED) is 0.800. The predicted octanol–water partition coefficient (Wildman–Crippen LogP) is 2.01. The number of hydrogen-bond acceptors (Lipinski definition) is 2. The molecule has 1 amide bonds. The number of hydrogen-bond donors (Lipinski definition) is 1. The minimum Gasteiger partial charge on any atom is -0.342 e. The topological polar surface area (TPSA) is 46.3 Å². The van der Waals surface area contributed by atoms with Crippen molar-refractivity contribution in [2.45, 2.75) is 52.0 Å². The van der Waals surface area contributed by atoms with E-state index in [2.05, 4.69) is 18.7 Å². The summed E-state index contributed by atoms with van der Waals surface area (Å²) in [4.78, 5) is 14.5. The van der Waals surface area contributed by atoms with Gasteiger partial charge in [0.2, 0.25) is 5.91 Å². The lowest BCUT2D eigenvalue weighted by molar-refractivity contribution is -0.136. The van der Waals surface area contributed by atoms with Crippen molar-refractivity contribution < 1.29 is 4.79 Å². The van der Waals surface area contributed by atoms with E-state index in [9.17, 15) is 4.79 Å². The zero-order valence-corrected chi connectivity index (χ0v) is 11.2. The molecule has 2 aliphatic rings. The summed E-state index contributed by atoms with van der Waals surface area (Å²) < 4.78 is 0. The largest absolute Gasteiger partial charge is 0.342 e. The third kappa shape index (κ3) is 2.82. The van der Waals surface area contributed by atoms with E-state index in [1.54, 1.807) is 0 Å². The van der Waals surface area contributed by atoms with Gasteiger partial charge in [0.1, 0.15) is 0 Å². The first-order chi connectivity index (χ1) is 8.09. The molecule has 0 spiro atoms. The van der Waals surface area contributed by atoms with E-state index in [0.29, 0.717) is 17.7 Å². The fourth-order valence-electron chi connectivity index (χ4n) is 3.23. The molecule has 1 aliphatic carbocycles. The van der Waals surface area contributed by atoms with Crippen LogP contribution in [0.15, 0.2) is 0 Å². The van der Waals surface area contributed by atoms with E-state index < -0.39 is 0 Å². The number of rotatable bonds is 2. The Morgan fingerprint density at radius 3 is 2.53 bits per heavy atom.